The summed E-state index contributed by atoms with van der Waals surface area (Å²) < 4.78 is 22.5. The van der Waals surface area contributed by atoms with E-state index in [1.165, 1.54) is 6.92 Å². The van der Waals surface area contributed by atoms with Crippen LogP contribution >= 0.6 is 23.2 Å². The largest absolute Gasteiger partial charge is 0.323 e. The highest BCUT2D eigenvalue weighted by Gasteiger charge is 2.16. The number of hydrogen-bond donors (Lipinski definition) is 1. The van der Waals surface area contributed by atoms with E-state index < -0.39 is 21.5 Å². The van der Waals surface area contributed by atoms with Gasteiger partial charge in [0.15, 0.2) is 9.84 Å². The molecule has 0 saturated carbocycles. The van der Waals surface area contributed by atoms with Gasteiger partial charge >= 0.3 is 0 Å². The van der Waals surface area contributed by atoms with E-state index in [9.17, 15) is 13.2 Å². The first-order valence-corrected chi connectivity index (χ1v) is 7.37. The fraction of sp³-hybridized carbons (Fsp3) is 0.300. The number of hydrogen-bond acceptors (Lipinski definition) is 3. The van der Waals surface area contributed by atoms with Crippen LogP contribution in [-0.2, 0) is 14.6 Å². The van der Waals surface area contributed by atoms with E-state index in [2.05, 4.69) is 5.32 Å². The fourth-order valence-electron chi connectivity index (χ4n) is 1.09. The van der Waals surface area contributed by atoms with E-state index in [0.29, 0.717) is 0 Å². The lowest BCUT2D eigenvalue weighted by molar-refractivity contribution is -0.113. The third-order valence-corrected chi connectivity index (χ3v) is 4.23. The lowest BCUT2D eigenvalue weighted by Crippen LogP contribution is -2.24. The predicted octanol–water partition coefficient (Wildman–Crippen LogP) is 2.37. The average Bonchev–Trinajstić information content (AvgIpc) is 2.23. The van der Waals surface area contributed by atoms with Gasteiger partial charge in [0.2, 0.25) is 5.91 Å². The summed E-state index contributed by atoms with van der Waals surface area (Å²) in [4.78, 5) is 11.5. The summed E-state index contributed by atoms with van der Waals surface area (Å²) in [7, 11) is -3.36. The molecule has 0 aliphatic heterocycles. The monoisotopic (exact) mass is 295 g/mol. The van der Waals surface area contributed by atoms with Gasteiger partial charge in [-0.2, -0.15) is 0 Å². The molecule has 0 spiro atoms. The van der Waals surface area contributed by atoms with Gasteiger partial charge in [-0.25, -0.2) is 8.42 Å². The standard InChI is InChI=1S/C10H11Cl2NO3S/c1-2-17(15,16)6-9(14)13-10-7(11)4-3-5-8(10)12/h3-5H,2,6H2,1H3,(H,13,14). The van der Waals surface area contributed by atoms with Gasteiger partial charge in [-0.3, -0.25) is 4.79 Å². The van der Waals surface area contributed by atoms with Crippen molar-refractivity contribution < 1.29 is 13.2 Å². The maximum Gasteiger partial charge on any atom is 0.239 e. The molecule has 0 aliphatic rings. The Hall–Kier alpha value is -0.780. The highest BCUT2D eigenvalue weighted by Crippen LogP contribution is 2.29. The molecule has 1 rings (SSSR count). The topological polar surface area (TPSA) is 63.2 Å². The fourth-order valence-corrected chi connectivity index (χ4v) is 2.26. The second-order valence-corrected chi connectivity index (χ2v) is 6.49. The van der Waals surface area contributed by atoms with Gasteiger partial charge in [-0.1, -0.05) is 36.2 Å². The maximum absolute atomic E-state index is 11.5. The summed E-state index contributed by atoms with van der Waals surface area (Å²) in [5.41, 5.74) is 0.229. The number of sulfone groups is 1. The molecule has 1 amide bonds. The highest BCUT2D eigenvalue weighted by molar-refractivity contribution is 7.92. The zero-order chi connectivity index (χ0) is 13.1. The molecule has 17 heavy (non-hydrogen) atoms. The van der Waals surface area contributed by atoms with Gasteiger partial charge in [0.1, 0.15) is 5.75 Å². The smallest absolute Gasteiger partial charge is 0.239 e. The van der Waals surface area contributed by atoms with Crippen molar-refractivity contribution in [2.75, 3.05) is 16.8 Å². The number of anilines is 1. The number of rotatable bonds is 4. The van der Waals surface area contributed by atoms with E-state index in [1.807, 2.05) is 0 Å². The van der Waals surface area contributed by atoms with Crippen molar-refractivity contribution in [2.45, 2.75) is 6.92 Å². The van der Waals surface area contributed by atoms with Crippen LogP contribution < -0.4 is 5.32 Å². The van der Waals surface area contributed by atoms with Crippen molar-refractivity contribution in [1.82, 2.24) is 0 Å². The third-order valence-electron chi connectivity index (χ3n) is 2.02. The molecule has 0 aliphatic carbocycles. The SMILES string of the molecule is CCS(=O)(=O)CC(=O)Nc1c(Cl)cccc1Cl. The Bertz CT molecular complexity index is 508. The normalized spacial score (nSPS) is 11.2. The second kappa shape index (κ2) is 5.71. The highest BCUT2D eigenvalue weighted by atomic mass is 35.5. The number of para-hydroxylation sites is 1. The zero-order valence-electron chi connectivity index (χ0n) is 9.04. The Morgan fingerprint density at radius 1 is 1.29 bits per heavy atom. The molecule has 4 nitrogen and oxygen atoms in total. The first kappa shape index (κ1) is 14.3. The Morgan fingerprint density at radius 2 is 1.82 bits per heavy atom. The maximum atomic E-state index is 11.5. The first-order chi connectivity index (χ1) is 7.85. The summed E-state index contributed by atoms with van der Waals surface area (Å²) in [6.07, 6.45) is 0. The van der Waals surface area contributed by atoms with Crippen LogP contribution in [0.2, 0.25) is 10.0 Å². The molecule has 0 fully saturated rings. The van der Waals surface area contributed by atoms with Crippen molar-refractivity contribution >= 4 is 44.6 Å². The summed E-state index contributed by atoms with van der Waals surface area (Å²) >= 11 is 11.7. The average molecular weight is 296 g/mol. The van der Waals surface area contributed by atoms with Gasteiger partial charge in [0, 0.05) is 5.75 Å². The molecule has 1 N–H and O–H groups in total. The Labute approximate surface area is 110 Å². The van der Waals surface area contributed by atoms with E-state index in [1.54, 1.807) is 18.2 Å². The summed E-state index contributed by atoms with van der Waals surface area (Å²) in [5.74, 6) is -1.32. The van der Waals surface area contributed by atoms with Crippen molar-refractivity contribution in [3.8, 4) is 0 Å². The Balaban J connectivity index is 2.83. The number of benzene rings is 1. The van der Waals surface area contributed by atoms with E-state index in [4.69, 9.17) is 23.2 Å². The van der Waals surface area contributed by atoms with Gasteiger partial charge in [-0.15, -0.1) is 0 Å². The van der Waals surface area contributed by atoms with Crippen LogP contribution in [0.3, 0.4) is 0 Å². The minimum atomic E-state index is -3.36. The summed E-state index contributed by atoms with van der Waals surface area (Å²) in [5, 5.41) is 2.91. The van der Waals surface area contributed by atoms with Gasteiger partial charge in [0.05, 0.1) is 15.7 Å². The van der Waals surface area contributed by atoms with Crippen LogP contribution in [0.25, 0.3) is 0 Å². The van der Waals surface area contributed by atoms with Crippen molar-refractivity contribution in [3.05, 3.63) is 28.2 Å². The summed E-state index contributed by atoms with van der Waals surface area (Å²) in [6.45, 7) is 1.48. The van der Waals surface area contributed by atoms with E-state index in [0.717, 1.165) is 0 Å². The molecule has 0 radical (unpaired) electrons. The number of carbonyl (C=O) groups is 1. The number of carbonyl (C=O) groups excluding carboxylic acids is 1. The lowest BCUT2D eigenvalue weighted by atomic mass is 10.3. The zero-order valence-corrected chi connectivity index (χ0v) is 11.4. The molecule has 1 aromatic carbocycles. The van der Waals surface area contributed by atoms with Gasteiger partial charge in [-0.05, 0) is 12.1 Å². The van der Waals surface area contributed by atoms with Crippen LogP contribution in [0.5, 0.6) is 0 Å². The van der Waals surface area contributed by atoms with Gasteiger partial charge < -0.3 is 5.32 Å². The molecular formula is C10H11Cl2NO3S. The molecule has 7 heteroatoms. The summed E-state index contributed by atoms with van der Waals surface area (Å²) in [6, 6.07) is 4.73. The van der Waals surface area contributed by atoms with Crippen molar-refractivity contribution in [2.24, 2.45) is 0 Å². The third kappa shape index (κ3) is 4.18. The minimum absolute atomic E-state index is 0.0866. The van der Waals surface area contributed by atoms with Crippen LogP contribution in [0.4, 0.5) is 5.69 Å². The van der Waals surface area contributed by atoms with Crippen LogP contribution in [0.15, 0.2) is 18.2 Å². The molecular weight excluding hydrogens is 285 g/mol. The van der Waals surface area contributed by atoms with Crippen LogP contribution in [-0.4, -0.2) is 25.8 Å². The van der Waals surface area contributed by atoms with Crippen LogP contribution in [0, 0.1) is 0 Å². The predicted molar refractivity (Wildman–Crippen MR) is 69.4 cm³/mol. The molecule has 0 bridgehead atoms. The quantitative estimate of drug-likeness (QED) is 0.927. The van der Waals surface area contributed by atoms with E-state index in [-0.39, 0.29) is 21.5 Å². The molecule has 94 valence electrons. The van der Waals surface area contributed by atoms with E-state index >= 15 is 0 Å². The van der Waals surface area contributed by atoms with Crippen molar-refractivity contribution in [1.29, 1.82) is 0 Å². The molecule has 0 aromatic heterocycles. The minimum Gasteiger partial charge on any atom is -0.323 e. The molecule has 0 atom stereocenters. The number of nitrogens with one attached hydrogen (secondary N) is 1. The molecule has 0 unspecified atom stereocenters. The Morgan fingerprint density at radius 3 is 2.29 bits per heavy atom. The molecule has 0 saturated heterocycles. The molecule has 1 aromatic rings. The first-order valence-electron chi connectivity index (χ1n) is 4.80. The van der Waals surface area contributed by atoms with Crippen molar-refractivity contribution in [3.63, 3.8) is 0 Å². The molecule has 0 heterocycles. The Kier molecular flexibility index (Phi) is 4.80. The van der Waals surface area contributed by atoms with Gasteiger partial charge in [0.25, 0.3) is 0 Å². The second-order valence-electron chi connectivity index (χ2n) is 3.32. The lowest BCUT2D eigenvalue weighted by Gasteiger charge is -2.08. The number of amides is 1. The number of halogens is 2. The van der Waals surface area contributed by atoms with Crippen LogP contribution in [0.1, 0.15) is 6.92 Å².